The third kappa shape index (κ3) is 5.48. The van der Waals surface area contributed by atoms with Gasteiger partial charge in [-0.05, 0) is 32.4 Å². The van der Waals surface area contributed by atoms with Crippen molar-refractivity contribution in [3.8, 4) is 11.6 Å². The summed E-state index contributed by atoms with van der Waals surface area (Å²) in [5.41, 5.74) is -0.246. The van der Waals surface area contributed by atoms with Crippen LogP contribution in [-0.4, -0.2) is 29.7 Å². The third-order valence-corrected chi connectivity index (χ3v) is 3.78. The molecule has 2 rings (SSSR count). The number of unbranched alkanes of at least 4 members (excludes halogenated alkanes) is 1. The molecule has 0 unspecified atom stereocenters. The molecule has 0 spiro atoms. The summed E-state index contributed by atoms with van der Waals surface area (Å²) >= 11 is 0. The number of nitrogens with zero attached hydrogens (tertiary/aromatic N) is 3. The van der Waals surface area contributed by atoms with Gasteiger partial charge in [0.05, 0.1) is 13.2 Å². The van der Waals surface area contributed by atoms with E-state index in [0.717, 1.165) is 18.3 Å². The first-order chi connectivity index (χ1) is 12.9. The number of ether oxygens (including phenoxy) is 2. The van der Waals surface area contributed by atoms with E-state index in [0.29, 0.717) is 25.3 Å². The summed E-state index contributed by atoms with van der Waals surface area (Å²) in [4.78, 5) is 9.70. The number of halogens is 3. The molecule has 0 aliphatic rings. The second-order valence-electron chi connectivity index (χ2n) is 5.76. The van der Waals surface area contributed by atoms with E-state index in [1.807, 2.05) is 39.0 Å². The molecule has 5 nitrogen and oxygen atoms in total. The molecule has 0 aliphatic heterocycles. The Kier molecular flexibility index (Phi) is 7.27. The Morgan fingerprint density at radius 3 is 2.52 bits per heavy atom. The van der Waals surface area contributed by atoms with Gasteiger partial charge in [-0.3, -0.25) is 0 Å². The molecule has 0 radical (unpaired) electrons. The molecule has 0 saturated carbocycles. The second-order valence-corrected chi connectivity index (χ2v) is 5.76. The van der Waals surface area contributed by atoms with Crippen LogP contribution in [0.25, 0.3) is 0 Å². The van der Waals surface area contributed by atoms with Crippen LogP contribution in [0.15, 0.2) is 30.5 Å². The van der Waals surface area contributed by atoms with Crippen LogP contribution in [0.2, 0.25) is 0 Å². The molecule has 1 aromatic heterocycles. The van der Waals surface area contributed by atoms with Crippen molar-refractivity contribution >= 4 is 11.6 Å². The molecule has 0 bridgehead atoms. The zero-order valence-corrected chi connectivity index (χ0v) is 15.7. The maximum absolute atomic E-state index is 13.2. The molecule has 1 aromatic carbocycles. The number of anilines is 2. The first-order valence-corrected chi connectivity index (χ1v) is 8.98. The quantitative estimate of drug-likeness (QED) is 0.555. The van der Waals surface area contributed by atoms with Crippen molar-refractivity contribution in [2.24, 2.45) is 0 Å². The van der Waals surface area contributed by atoms with Crippen LogP contribution in [0.3, 0.4) is 0 Å². The predicted octanol–water partition coefficient (Wildman–Crippen LogP) is 5.23. The summed E-state index contributed by atoms with van der Waals surface area (Å²) in [6.45, 7) is 6.83. The molecule has 0 N–H and O–H groups in total. The topological polar surface area (TPSA) is 47.5 Å². The third-order valence-electron chi connectivity index (χ3n) is 3.78. The lowest BCUT2D eigenvalue weighted by Gasteiger charge is -2.23. The number of rotatable bonds is 9. The first kappa shape index (κ1) is 20.8. The molecule has 0 atom stereocenters. The summed E-state index contributed by atoms with van der Waals surface area (Å²) in [5.74, 6) is 0.366. The molecule has 2 aromatic rings. The van der Waals surface area contributed by atoms with Crippen LogP contribution in [0.1, 0.15) is 39.2 Å². The minimum Gasteiger partial charge on any atom is -0.494 e. The van der Waals surface area contributed by atoms with Gasteiger partial charge in [0.15, 0.2) is 0 Å². The number of hydrogen-bond donors (Lipinski definition) is 0. The number of benzene rings is 1. The molecule has 8 heteroatoms. The molecule has 1 heterocycles. The van der Waals surface area contributed by atoms with Gasteiger partial charge in [0.1, 0.15) is 11.3 Å². The molecule has 0 aliphatic carbocycles. The van der Waals surface area contributed by atoms with Gasteiger partial charge in [0.2, 0.25) is 11.8 Å². The van der Waals surface area contributed by atoms with E-state index >= 15 is 0 Å². The standard InChI is InChI=1S/C19H24F3N3O2/c1-4-7-11-27-17-16(19(20,21)22)13-23-18(24-17)25(5-2)14-9-8-10-15(12-14)26-6-3/h8-10,12-13H,4-7,11H2,1-3H3. The molecule has 0 saturated heterocycles. The Hall–Kier alpha value is -2.51. The zero-order valence-electron chi connectivity index (χ0n) is 15.7. The van der Waals surface area contributed by atoms with E-state index in [4.69, 9.17) is 9.47 Å². The minimum absolute atomic E-state index is 0.144. The van der Waals surface area contributed by atoms with E-state index in [9.17, 15) is 13.2 Å². The zero-order chi connectivity index (χ0) is 19.9. The largest absolute Gasteiger partial charge is 0.494 e. The van der Waals surface area contributed by atoms with Gasteiger partial charge in [-0.1, -0.05) is 19.4 Å². The Bertz CT molecular complexity index is 738. The van der Waals surface area contributed by atoms with E-state index < -0.39 is 17.6 Å². The average molecular weight is 383 g/mol. The minimum atomic E-state index is -4.58. The van der Waals surface area contributed by atoms with Crippen LogP contribution in [0.4, 0.5) is 24.8 Å². The molecular formula is C19H24F3N3O2. The summed E-state index contributed by atoms with van der Waals surface area (Å²) < 4.78 is 50.5. The Labute approximate surface area is 157 Å². The van der Waals surface area contributed by atoms with Crippen molar-refractivity contribution in [3.05, 3.63) is 36.0 Å². The van der Waals surface area contributed by atoms with E-state index in [1.165, 1.54) is 0 Å². The van der Waals surface area contributed by atoms with Crippen LogP contribution >= 0.6 is 0 Å². The van der Waals surface area contributed by atoms with Crippen molar-refractivity contribution in [1.29, 1.82) is 0 Å². The SMILES string of the molecule is CCCCOc1nc(N(CC)c2cccc(OCC)c2)ncc1C(F)(F)F. The lowest BCUT2D eigenvalue weighted by molar-refractivity contribution is -0.139. The summed E-state index contributed by atoms with van der Waals surface area (Å²) in [7, 11) is 0. The molecule has 0 fully saturated rings. The van der Waals surface area contributed by atoms with Crippen LogP contribution in [-0.2, 0) is 6.18 Å². The summed E-state index contributed by atoms with van der Waals surface area (Å²) in [6.07, 6.45) is -2.35. The molecule has 148 valence electrons. The normalized spacial score (nSPS) is 11.3. The van der Waals surface area contributed by atoms with Gasteiger partial charge in [-0.2, -0.15) is 18.2 Å². The highest BCUT2D eigenvalue weighted by atomic mass is 19.4. The fourth-order valence-corrected chi connectivity index (χ4v) is 2.45. The van der Waals surface area contributed by atoms with Crippen LogP contribution in [0.5, 0.6) is 11.6 Å². The second kappa shape index (κ2) is 9.43. The Balaban J connectivity index is 2.39. The van der Waals surface area contributed by atoms with Gasteiger partial charge in [0.25, 0.3) is 0 Å². The fraction of sp³-hybridized carbons (Fsp3) is 0.474. The maximum Gasteiger partial charge on any atom is 0.423 e. The van der Waals surface area contributed by atoms with Crippen molar-refractivity contribution in [3.63, 3.8) is 0 Å². The fourth-order valence-electron chi connectivity index (χ4n) is 2.45. The molecule has 27 heavy (non-hydrogen) atoms. The van der Waals surface area contributed by atoms with Crippen molar-refractivity contribution < 1.29 is 22.6 Å². The lowest BCUT2D eigenvalue weighted by Crippen LogP contribution is -2.21. The maximum atomic E-state index is 13.2. The highest BCUT2D eigenvalue weighted by Crippen LogP contribution is 2.36. The van der Waals surface area contributed by atoms with Crippen LogP contribution in [0, 0.1) is 0 Å². The van der Waals surface area contributed by atoms with E-state index in [2.05, 4.69) is 9.97 Å². The first-order valence-electron chi connectivity index (χ1n) is 8.98. The summed E-state index contributed by atoms with van der Waals surface area (Å²) in [6, 6.07) is 7.25. The highest BCUT2D eigenvalue weighted by molar-refractivity contribution is 5.59. The summed E-state index contributed by atoms with van der Waals surface area (Å²) in [5, 5.41) is 0. The number of alkyl halides is 3. The Morgan fingerprint density at radius 1 is 1.11 bits per heavy atom. The average Bonchev–Trinajstić information content (AvgIpc) is 2.62. The predicted molar refractivity (Wildman–Crippen MR) is 97.7 cm³/mol. The van der Waals surface area contributed by atoms with Gasteiger partial charge in [-0.25, -0.2) is 4.98 Å². The van der Waals surface area contributed by atoms with Gasteiger partial charge >= 0.3 is 6.18 Å². The Morgan fingerprint density at radius 2 is 1.89 bits per heavy atom. The smallest absolute Gasteiger partial charge is 0.423 e. The van der Waals surface area contributed by atoms with Crippen molar-refractivity contribution in [1.82, 2.24) is 9.97 Å². The van der Waals surface area contributed by atoms with E-state index in [-0.39, 0.29) is 12.6 Å². The highest BCUT2D eigenvalue weighted by Gasteiger charge is 2.36. The van der Waals surface area contributed by atoms with Crippen molar-refractivity contribution in [2.75, 3.05) is 24.7 Å². The van der Waals surface area contributed by atoms with Gasteiger partial charge in [-0.15, -0.1) is 0 Å². The molecule has 0 amide bonds. The van der Waals surface area contributed by atoms with Crippen molar-refractivity contribution in [2.45, 2.75) is 39.8 Å². The van der Waals surface area contributed by atoms with Gasteiger partial charge < -0.3 is 14.4 Å². The van der Waals surface area contributed by atoms with Gasteiger partial charge in [0, 0.05) is 24.5 Å². The van der Waals surface area contributed by atoms with E-state index in [1.54, 1.807) is 11.0 Å². The monoisotopic (exact) mass is 383 g/mol. The number of aromatic nitrogens is 2. The lowest BCUT2D eigenvalue weighted by atomic mass is 10.2. The van der Waals surface area contributed by atoms with Crippen LogP contribution < -0.4 is 14.4 Å². The number of hydrogen-bond acceptors (Lipinski definition) is 5. The molecular weight excluding hydrogens is 359 g/mol.